The molecule has 156 valence electrons. The van der Waals surface area contributed by atoms with Crippen LogP contribution >= 0.6 is 0 Å². The number of hydrogen-bond donors (Lipinski definition) is 1. The molecular weight excluding hydrogens is 384 g/mol. The van der Waals surface area contributed by atoms with Crippen molar-refractivity contribution in [2.75, 3.05) is 18.1 Å². The summed E-state index contributed by atoms with van der Waals surface area (Å²) < 4.78 is 11.4. The minimum Gasteiger partial charge on any atom is -0.490 e. The molecule has 7 nitrogen and oxygen atoms in total. The molecule has 2 aromatic carbocycles. The largest absolute Gasteiger partial charge is 0.490 e. The second kappa shape index (κ2) is 9.73. The van der Waals surface area contributed by atoms with Crippen molar-refractivity contribution in [2.45, 2.75) is 26.7 Å². The molecule has 0 spiro atoms. The van der Waals surface area contributed by atoms with Crippen LogP contribution in [0.5, 0.6) is 11.5 Å². The Hall–Kier alpha value is -3.61. The van der Waals surface area contributed by atoms with Gasteiger partial charge >= 0.3 is 6.03 Å². The third kappa shape index (κ3) is 4.68. The number of carbonyl (C=O) groups is 3. The van der Waals surface area contributed by atoms with E-state index in [4.69, 9.17) is 9.47 Å². The third-order valence-corrected chi connectivity index (χ3v) is 4.45. The summed E-state index contributed by atoms with van der Waals surface area (Å²) in [6.07, 6.45) is 3.38. The van der Waals surface area contributed by atoms with E-state index in [0.29, 0.717) is 36.0 Å². The van der Waals surface area contributed by atoms with Crippen LogP contribution in [0.2, 0.25) is 0 Å². The molecule has 0 radical (unpaired) electrons. The van der Waals surface area contributed by atoms with E-state index in [0.717, 1.165) is 17.7 Å². The van der Waals surface area contributed by atoms with Crippen LogP contribution in [0.15, 0.2) is 54.1 Å². The number of rotatable bonds is 8. The maximum atomic E-state index is 12.9. The van der Waals surface area contributed by atoms with Crippen LogP contribution in [-0.4, -0.2) is 31.1 Å². The van der Waals surface area contributed by atoms with Crippen molar-refractivity contribution in [2.24, 2.45) is 0 Å². The van der Waals surface area contributed by atoms with Crippen molar-refractivity contribution in [3.05, 3.63) is 59.7 Å². The molecular formula is C23H24N2O5. The molecule has 0 aromatic heterocycles. The van der Waals surface area contributed by atoms with Crippen LogP contribution < -0.4 is 19.7 Å². The average Bonchev–Trinajstić information content (AvgIpc) is 2.73. The predicted molar refractivity (Wildman–Crippen MR) is 113 cm³/mol. The number of barbiturate groups is 1. The van der Waals surface area contributed by atoms with Gasteiger partial charge in [-0.2, -0.15) is 0 Å². The van der Waals surface area contributed by atoms with Crippen LogP contribution in [0.25, 0.3) is 6.08 Å². The summed E-state index contributed by atoms with van der Waals surface area (Å²) in [5.74, 6) is -0.287. The molecule has 0 atom stereocenters. The fourth-order valence-electron chi connectivity index (χ4n) is 2.96. The summed E-state index contributed by atoms with van der Waals surface area (Å²) in [7, 11) is 0. The summed E-state index contributed by atoms with van der Waals surface area (Å²) in [4.78, 5) is 38.4. The fraction of sp³-hybridized carbons (Fsp3) is 0.261. The van der Waals surface area contributed by atoms with E-state index in [1.807, 2.05) is 6.92 Å². The van der Waals surface area contributed by atoms with Gasteiger partial charge in [-0.3, -0.25) is 14.9 Å². The number of para-hydroxylation sites is 1. The lowest BCUT2D eigenvalue weighted by atomic mass is 10.1. The number of anilines is 1. The van der Waals surface area contributed by atoms with Gasteiger partial charge in [0.05, 0.1) is 18.9 Å². The van der Waals surface area contributed by atoms with Gasteiger partial charge in [0.25, 0.3) is 11.8 Å². The first-order valence-electron chi connectivity index (χ1n) is 9.91. The normalized spacial score (nSPS) is 15.3. The highest BCUT2D eigenvalue weighted by atomic mass is 16.5. The van der Waals surface area contributed by atoms with Gasteiger partial charge in [0.15, 0.2) is 11.5 Å². The number of benzene rings is 2. The van der Waals surface area contributed by atoms with Gasteiger partial charge in [0.2, 0.25) is 0 Å². The van der Waals surface area contributed by atoms with Gasteiger partial charge in [-0.15, -0.1) is 0 Å². The minimum atomic E-state index is -0.775. The minimum absolute atomic E-state index is 0.138. The second-order valence-electron chi connectivity index (χ2n) is 6.63. The van der Waals surface area contributed by atoms with Crippen molar-refractivity contribution in [3.63, 3.8) is 0 Å². The number of nitrogens with one attached hydrogen (secondary N) is 1. The monoisotopic (exact) mass is 408 g/mol. The number of ether oxygens (including phenoxy) is 2. The Morgan fingerprint density at radius 1 is 0.967 bits per heavy atom. The van der Waals surface area contributed by atoms with E-state index in [9.17, 15) is 14.4 Å². The summed E-state index contributed by atoms with van der Waals surface area (Å²) in [6, 6.07) is 12.9. The Balaban J connectivity index is 1.92. The summed E-state index contributed by atoms with van der Waals surface area (Å²) in [5.41, 5.74) is 0.829. The highest BCUT2D eigenvalue weighted by Crippen LogP contribution is 2.30. The van der Waals surface area contributed by atoms with Gasteiger partial charge in [-0.25, -0.2) is 9.69 Å². The zero-order chi connectivity index (χ0) is 21.5. The molecule has 1 saturated heterocycles. The average molecular weight is 408 g/mol. The van der Waals surface area contributed by atoms with Crippen LogP contribution in [0.4, 0.5) is 10.5 Å². The van der Waals surface area contributed by atoms with Gasteiger partial charge in [-0.05, 0) is 49.2 Å². The van der Waals surface area contributed by atoms with E-state index in [1.165, 1.54) is 6.08 Å². The molecule has 2 aromatic rings. The quantitative estimate of drug-likeness (QED) is 0.406. The van der Waals surface area contributed by atoms with Crippen molar-refractivity contribution < 1.29 is 23.9 Å². The SMILES string of the molecule is CCCCOc1ccc(/C=C2/C(=O)NC(=O)N(c3ccccc3)C2=O)cc1OCC. The Morgan fingerprint density at radius 3 is 2.43 bits per heavy atom. The second-order valence-corrected chi connectivity index (χ2v) is 6.63. The van der Waals surface area contributed by atoms with E-state index in [2.05, 4.69) is 12.2 Å². The molecule has 4 amide bonds. The lowest BCUT2D eigenvalue weighted by Crippen LogP contribution is -2.54. The van der Waals surface area contributed by atoms with E-state index in [1.54, 1.807) is 48.5 Å². The Bertz CT molecular complexity index is 969. The number of hydrogen-bond acceptors (Lipinski definition) is 5. The van der Waals surface area contributed by atoms with Gasteiger partial charge in [0.1, 0.15) is 5.57 Å². The van der Waals surface area contributed by atoms with Crippen LogP contribution in [-0.2, 0) is 9.59 Å². The first-order valence-corrected chi connectivity index (χ1v) is 9.91. The third-order valence-electron chi connectivity index (χ3n) is 4.45. The van der Waals surface area contributed by atoms with Crippen molar-refractivity contribution in [1.29, 1.82) is 0 Å². The molecule has 0 aliphatic carbocycles. The predicted octanol–water partition coefficient (Wildman–Crippen LogP) is 3.93. The number of urea groups is 1. The molecule has 1 fully saturated rings. The molecule has 1 aliphatic heterocycles. The standard InChI is InChI=1S/C23H24N2O5/c1-3-5-13-30-19-12-11-16(15-20(19)29-4-2)14-18-21(26)24-23(28)25(22(18)27)17-9-7-6-8-10-17/h6-12,14-15H,3-5,13H2,1-2H3,(H,24,26,28)/b18-14-. The Morgan fingerprint density at radius 2 is 1.73 bits per heavy atom. The van der Waals surface area contributed by atoms with Crippen molar-refractivity contribution in [1.82, 2.24) is 5.32 Å². The van der Waals surface area contributed by atoms with Crippen LogP contribution in [0.3, 0.4) is 0 Å². The molecule has 1 N–H and O–H groups in total. The molecule has 1 heterocycles. The van der Waals surface area contributed by atoms with Crippen LogP contribution in [0, 0.1) is 0 Å². The summed E-state index contributed by atoms with van der Waals surface area (Å²) >= 11 is 0. The van der Waals surface area contributed by atoms with Gasteiger partial charge in [-0.1, -0.05) is 37.6 Å². The Labute approximate surface area is 175 Å². The van der Waals surface area contributed by atoms with E-state index in [-0.39, 0.29) is 5.57 Å². The summed E-state index contributed by atoms with van der Waals surface area (Å²) in [6.45, 7) is 4.96. The molecule has 0 unspecified atom stereocenters. The molecule has 7 heteroatoms. The zero-order valence-corrected chi connectivity index (χ0v) is 17.0. The van der Waals surface area contributed by atoms with Gasteiger partial charge in [0, 0.05) is 0 Å². The number of carbonyl (C=O) groups excluding carboxylic acids is 3. The Kier molecular flexibility index (Phi) is 6.85. The van der Waals surface area contributed by atoms with Gasteiger partial charge < -0.3 is 9.47 Å². The fourth-order valence-corrected chi connectivity index (χ4v) is 2.96. The highest BCUT2D eigenvalue weighted by molar-refractivity contribution is 6.39. The zero-order valence-electron chi connectivity index (χ0n) is 17.0. The lowest BCUT2D eigenvalue weighted by Gasteiger charge is -2.26. The first-order chi connectivity index (χ1) is 14.5. The first kappa shape index (κ1) is 21.1. The van der Waals surface area contributed by atoms with Crippen LogP contribution in [0.1, 0.15) is 32.3 Å². The highest BCUT2D eigenvalue weighted by Gasteiger charge is 2.36. The summed E-state index contributed by atoms with van der Waals surface area (Å²) in [5, 5.41) is 2.22. The molecule has 0 saturated carbocycles. The maximum absolute atomic E-state index is 12.9. The van der Waals surface area contributed by atoms with Crippen molar-refractivity contribution in [3.8, 4) is 11.5 Å². The molecule has 30 heavy (non-hydrogen) atoms. The maximum Gasteiger partial charge on any atom is 0.335 e. The van der Waals surface area contributed by atoms with Crippen molar-refractivity contribution >= 4 is 29.6 Å². The number of imide groups is 2. The van der Waals surface area contributed by atoms with E-state index < -0.39 is 17.8 Å². The molecule has 1 aliphatic rings. The topological polar surface area (TPSA) is 84.9 Å². The number of amides is 4. The number of unbranched alkanes of at least 4 members (excludes halogenated alkanes) is 1. The molecule has 3 rings (SSSR count). The smallest absolute Gasteiger partial charge is 0.335 e. The lowest BCUT2D eigenvalue weighted by molar-refractivity contribution is -0.122. The molecule has 0 bridgehead atoms. The van der Waals surface area contributed by atoms with E-state index >= 15 is 0 Å². The number of nitrogens with zero attached hydrogens (tertiary/aromatic N) is 1.